The van der Waals surface area contributed by atoms with Crippen LogP contribution in [0.2, 0.25) is 0 Å². The van der Waals surface area contributed by atoms with Crippen LogP contribution in [0.1, 0.15) is 37.8 Å². The van der Waals surface area contributed by atoms with Crippen molar-refractivity contribution in [3.63, 3.8) is 0 Å². The Kier molecular flexibility index (Phi) is 5.28. The second kappa shape index (κ2) is 7.31. The molecule has 0 amide bonds. The van der Waals surface area contributed by atoms with Gasteiger partial charge < -0.3 is 9.47 Å². The number of aryl methyl sites for hydroxylation is 1. The molecule has 0 bridgehead atoms. The Balaban J connectivity index is 1.89. The molecule has 0 spiro atoms. The first-order valence-corrected chi connectivity index (χ1v) is 9.01. The Morgan fingerprint density at radius 1 is 1.35 bits per heavy atom. The summed E-state index contributed by atoms with van der Waals surface area (Å²) in [6.45, 7) is 7.49. The number of ketones is 1. The summed E-state index contributed by atoms with van der Waals surface area (Å²) in [6.07, 6.45) is 4.96. The normalized spacial score (nSPS) is 26.1. The van der Waals surface area contributed by atoms with Gasteiger partial charge in [0.1, 0.15) is 23.0 Å². The Bertz CT molecular complexity index is 756. The van der Waals surface area contributed by atoms with E-state index in [-0.39, 0.29) is 24.4 Å². The average Bonchev–Trinajstić information content (AvgIpc) is 3.02. The third-order valence-electron chi connectivity index (χ3n) is 5.54. The molecule has 1 heterocycles. The van der Waals surface area contributed by atoms with E-state index in [0.29, 0.717) is 42.6 Å². The zero-order chi connectivity index (χ0) is 18.9. The molecule has 3 nitrogen and oxygen atoms in total. The Labute approximate surface area is 152 Å². The lowest BCUT2D eigenvalue weighted by atomic mass is 9.71. The fraction of sp³-hybridized carbons (Fsp3) is 0.476. The van der Waals surface area contributed by atoms with E-state index in [1.165, 1.54) is 18.2 Å². The van der Waals surface area contributed by atoms with Gasteiger partial charge in [-0.15, -0.1) is 6.58 Å². The van der Waals surface area contributed by atoms with Gasteiger partial charge in [0.25, 0.3) is 0 Å². The molecular formula is C21H24F2O3. The summed E-state index contributed by atoms with van der Waals surface area (Å²) in [6, 6.07) is 2.54. The smallest absolute Gasteiger partial charge is 0.189 e. The molecule has 0 radical (unpaired) electrons. The predicted molar refractivity (Wildman–Crippen MR) is 94.4 cm³/mol. The van der Waals surface area contributed by atoms with Crippen molar-refractivity contribution < 1.29 is 23.0 Å². The lowest BCUT2D eigenvalue weighted by Gasteiger charge is -2.38. The monoisotopic (exact) mass is 362 g/mol. The summed E-state index contributed by atoms with van der Waals surface area (Å²) >= 11 is 0. The number of ether oxygens (including phenoxy) is 2. The number of fused-ring (bicyclic) bond motifs is 1. The summed E-state index contributed by atoms with van der Waals surface area (Å²) in [5, 5.41) is 0. The van der Waals surface area contributed by atoms with Gasteiger partial charge in [-0.05, 0) is 54.9 Å². The topological polar surface area (TPSA) is 35.5 Å². The first-order chi connectivity index (χ1) is 12.4. The first kappa shape index (κ1) is 18.8. The number of hydrogen-bond donors (Lipinski definition) is 0. The number of carbonyl (C=O) groups is 1. The van der Waals surface area contributed by atoms with Crippen LogP contribution in [-0.2, 0) is 27.1 Å². The molecule has 26 heavy (non-hydrogen) atoms. The van der Waals surface area contributed by atoms with Crippen LogP contribution in [0.3, 0.4) is 0 Å². The lowest BCUT2D eigenvalue weighted by Crippen LogP contribution is -2.45. The number of halogens is 2. The summed E-state index contributed by atoms with van der Waals surface area (Å²) < 4.78 is 40.0. The number of carbonyl (C=O) groups excluding carboxylic acids is 1. The summed E-state index contributed by atoms with van der Waals surface area (Å²) in [5.74, 6) is -0.719. The van der Waals surface area contributed by atoms with Crippen molar-refractivity contribution >= 4 is 5.78 Å². The Morgan fingerprint density at radius 3 is 2.73 bits per heavy atom. The number of hydrogen-bond acceptors (Lipinski definition) is 3. The van der Waals surface area contributed by atoms with Crippen LogP contribution in [0, 0.1) is 23.5 Å². The largest absolute Gasteiger partial charge is 0.469 e. The standard InChI is InChI=1S/C21H24F2O3/c1-4-6-15-11-21(20(10-19(15)24)25-12-26-21)13(3)7-16-9-17(22)14(5-2)8-18(16)23/h4,8-10,13,15H,1,5-7,11-12H2,2-3H3/t13-,15+,21-/m1/s1. The van der Waals surface area contributed by atoms with Crippen LogP contribution in [0.4, 0.5) is 8.78 Å². The highest BCUT2D eigenvalue weighted by molar-refractivity contribution is 5.93. The Hall–Kier alpha value is -2.01. The average molecular weight is 362 g/mol. The van der Waals surface area contributed by atoms with E-state index in [0.717, 1.165) is 0 Å². The fourth-order valence-electron chi connectivity index (χ4n) is 3.97. The van der Waals surface area contributed by atoms with Crippen molar-refractivity contribution in [1.82, 2.24) is 0 Å². The lowest BCUT2D eigenvalue weighted by molar-refractivity contribution is -0.123. The minimum atomic E-state index is -0.784. The zero-order valence-corrected chi connectivity index (χ0v) is 15.2. The van der Waals surface area contributed by atoms with E-state index in [4.69, 9.17) is 9.47 Å². The van der Waals surface area contributed by atoms with Gasteiger partial charge in [0.05, 0.1) is 0 Å². The molecule has 3 rings (SSSR count). The minimum absolute atomic E-state index is 0.00208. The summed E-state index contributed by atoms with van der Waals surface area (Å²) in [4.78, 5) is 12.2. The maximum absolute atomic E-state index is 14.4. The van der Waals surface area contributed by atoms with Gasteiger partial charge in [-0.1, -0.05) is 19.9 Å². The van der Waals surface area contributed by atoms with Gasteiger partial charge in [0.15, 0.2) is 12.6 Å². The molecular weight excluding hydrogens is 338 g/mol. The molecule has 1 aromatic carbocycles. The quantitative estimate of drug-likeness (QED) is 0.699. The number of benzene rings is 1. The van der Waals surface area contributed by atoms with Gasteiger partial charge in [0, 0.05) is 12.0 Å². The third kappa shape index (κ3) is 3.20. The van der Waals surface area contributed by atoms with Gasteiger partial charge in [-0.3, -0.25) is 4.79 Å². The molecule has 0 aromatic heterocycles. The second-order valence-corrected chi connectivity index (χ2v) is 7.13. The van der Waals surface area contributed by atoms with Crippen LogP contribution in [-0.4, -0.2) is 18.2 Å². The molecule has 5 heteroatoms. The maximum atomic E-state index is 14.4. The fourth-order valence-corrected chi connectivity index (χ4v) is 3.97. The summed E-state index contributed by atoms with van der Waals surface area (Å²) in [7, 11) is 0. The van der Waals surface area contributed by atoms with Gasteiger partial charge in [0.2, 0.25) is 0 Å². The molecule has 1 fully saturated rings. The van der Waals surface area contributed by atoms with Crippen molar-refractivity contribution in [2.75, 3.05) is 6.79 Å². The molecule has 0 saturated carbocycles. The second-order valence-electron chi connectivity index (χ2n) is 7.13. The predicted octanol–water partition coefficient (Wildman–Crippen LogP) is 4.50. The molecule has 2 aliphatic rings. The maximum Gasteiger partial charge on any atom is 0.189 e. The highest BCUT2D eigenvalue weighted by atomic mass is 19.1. The van der Waals surface area contributed by atoms with E-state index in [1.54, 1.807) is 13.0 Å². The van der Waals surface area contributed by atoms with E-state index >= 15 is 0 Å². The zero-order valence-electron chi connectivity index (χ0n) is 15.2. The van der Waals surface area contributed by atoms with Crippen molar-refractivity contribution in [3.05, 3.63) is 59.4 Å². The van der Waals surface area contributed by atoms with Crippen LogP contribution in [0.15, 0.2) is 36.6 Å². The highest BCUT2D eigenvalue weighted by Gasteiger charge is 2.51. The minimum Gasteiger partial charge on any atom is -0.469 e. The molecule has 0 unspecified atom stereocenters. The van der Waals surface area contributed by atoms with Gasteiger partial charge in [-0.2, -0.15) is 0 Å². The van der Waals surface area contributed by atoms with E-state index in [9.17, 15) is 13.6 Å². The number of rotatable bonds is 6. The van der Waals surface area contributed by atoms with E-state index in [1.807, 2.05) is 6.92 Å². The van der Waals surface area contributed by atoms with Crippen molar-refractivity contribution in [3.8, 4) is 0 Å². The molecule has 3 atom stereocenters. The third-order valence-corrected chi connectivity index (χ3v) is 5.54. The van der Waals surface area contributed by atoms with E-state index in [2.05, 4.69) is 6.58 Å². The Morgan fingerprint density at radius 2 is 2.04 bits per heavy atom. The van der Waals surface area contributed by atoms with Crippen molar-refractivity contribution in [2.24, 2.45) is 11.8 Å². The van der Waals surface area contributed by atoms with E-state index < -0.39 is 17.2 Å². The first-order valence-electron chi connectivity index (χ1n) is 9.01. The van der Waals surface area contributed by atoms with Crippen LogP contribution in [0.5, 0.6) is 0 Å². The SMILES string of the molecule is C=CC[C@H]1C[C@]2([C@H](C)Cc3cc(F)c(CC)cc3F)OCOC2=CC1=O. The number of allylic oxidation sites excluding steroid dienone is 2. The molecule has 1 aromatic rings. The molecule has 1 aliphatic heterocycles. The van der Waals surface area contributed by atoms with Crippen LogP contribution >= 0.6 is 0 Å². The highest BCUT2D eigenvalue weighted by Crippen LogP contribution is 2.46. The molecule has 0 N–H and O–H groups in total. The van der Waals surface area contributed by atoms with Crippen LogP contribution < -0.4 is 0 Å². The molecule has 1 aliphatic carbocycles. The molecule has 1 saturated heterocycles. The summed E-state index contributed by atoms with van der Waals surface area (Å²) in [5.41, 5.74) is -0.102. The van der Waals surface area contributed by atoms with Gasteiger partial charge in [-0.25, -0.2) is 8.78 Å². The molecule has 140 valence electrons. The van der Waals surface area contributed by atoms with Crippen molar-refractivity contribution in [1.29, 1.82) is 0 Å². The van der Waals surface area contributed by atoms with Crippen molar-refractivity contribution in [2.45, 2.75) is 45.1 Å². The van der Waals surface area contributed by atoms with Crippen LogP contribution in [0.25, 0.3) is 0 Å². The van der Waals surface area contributed by atoms with Gasteiger partial charge >= 0.3 is 0 Å².